The van der Waals surface area contributed by atoms with Gasteiger partial charge in [-0.2, -0.15) is 0 Å². The summed E-state index contributed by atoms with van der Waals surface area (Å²) in [5, 5.41) is 3.48. The Morgan fingerprint density at radius 3 is 2.80 bits per heavy atom. The summed E-state index contributed by atoms with van der Waals surface area (Å²) >= 11 is 0. The van der Waals surface area contributed by atoms with Crippen molar-refractivity contribution in [1.29, 1.82) is 0 Å². The lowest BCUT2D eigenvalue weighted by atomic mass is 9.91. The van der Waals surface area contributed by atoms with Crippen LogP contribution in [-0.2, 0) is 4.74 Å². The van der Waals surface area contributed by atoms with Crippen molar-refractivity contribution < 1.29 is 4.74 Å². The standard InChI is InChI=1S/C7H11NO.ClH/c1-4-3-8-6-2-5(1)9-7(4)6;/h4-8H,1-3H2;1H. The second-order valence-electron chi connectivity index (χ2n) is 3.47. The first-order valence-electron chi connectivity index (χ1n) is 3.82. The molecule has 4 atom stereocenters. The average molecular weight is 162 g/mol. The molecule has 4 unspecified atom stereocenters. The predicted octanol–water partition coefficient (Wildman–Crippen LogP) is 0.557. The third-order valence-corrected chi connectivity index (χ3v) is 2.94. The smallest absolute Gasteiger partial charge is 0.0773 e. The third kappa shape index (κ3) is 0.672. The average Bonchev–Trinajstić information content (AvgIpc) is 2.35. The minimum atomic E-state index is 0. The molecule has 2 nitrogen and oxygen atoms in total. The molecule has 58 valence electrons. The Morgan fingerprint density at radius 1 is 1.30 bits per heavy atom. The van der Waals surface area contributed by atoms with Crippen molar-refractivity contribution in [3.8, 4) is 0 Å². The number of fused-ring (bicyclic) bond motifs is 1. The van der Waals surface area contributed by atoms with Crippen LogP contribution in [0.15, 0.2) is 0 Å². The van der Waals surface area contributed by atoms with Gasteiger partial charge in [0.25, 0.3) is 0 Å². The van der Waals surface area contributed by atoms with E-state index >= 15 is 0 Å². The van der Waals surface area contributed by atoms with Gasteiger partial charge in [-0.1, -0.05) is 0 Å². The molecular weight excluding hydrogens is 150 g/mol. The van der Waals surface area contributed by atoms with Crippen molar-refractivity contribution >= 4 is 12.4 Å². The first-order chi connectivity index (χ1) is 4.43. The molecular formula is C7H12ClNO. The van der Waals surface area contributed by atoms with Gasteiger partial charge in [-0.05, 0) is 12.8 Å². The molecule has 3 fully saturated rings. The van der Waals surface area contributed by atoms with Crippen LogP contribution in [0, 0.1) is 5.92 Å². The number of halogens is 1. The summed E-state index contributed by atoms with van der Waals surface area (Å²) < 4.78 is 5.70. The Balaban J connectivity index is 0.000000403. The summed E-state index contributed by atoms with van der Waals surface area (Å²) in [5.74, 6) is 0.869. The van der Waals surface area contributed by atoms with Gasteiger partial charge in [-0.25, -0.2) is 0 Å². The Kier molecular flexibility index (Phi) is 1.44. The summed E-state index contributed by atoms with van der Waals surface area (Å²) in [7, 11) is 0. The van der Waals surface area contributed by atoms with E-state index in [1.54, 1.807) is 0 Å². The SMILES string of the molecule is C1NC2CC3CC1C2O3.Cl. The highest BCUT2D eigenvalue weighted by molar-refractivity contribution is 5.85. The maximum absolute atomic E-state index is 5.70. The molecule has 0 radical (unpaired) electrons. The topological polar surface area (TPSA) is 21.3 Å². The summed E-state index contributed by atoms with van der Waals surface area (Å²) in [6.07, 6.45) is 3.84. The van der Waals surface area contributed by atoms with Crippen LogP contribution in [0.3, 0.4) is 0 Å². The molecule has 3 rings (SSSR count). The summed E-state index contributed by atoms with van der Waals surface area (Å²) in [6, 6.07) is 0.730. The second-order valence-corrected chi connectivity index (χ2v) is 3.47. The highest BCUT2D eigenvalue weighted by Gasteiger charge is 2.51. The Bertz CT molecular complexity index is 136. The Morgan fingerprint density at radius 2 is 2.20 bits per heavy atom. The van der Waals surface area contributed by atoms with Gasteiger partial charge in [-0.3, -0.25) is 0 Å². The highest BCUT2D eigenvalue weighted by Crippen LogP contribution is 2.42. The first kappa shape index (κ1) is 6.89. The number of hydrogen-bond donors (Lipinski definition) is 1. The summed E-state index contributed by atoms with van der Waals surface area (Å²) in [6.45, 7) is 1.21. The summed E-state index contributed by atoms with van der Waals surface area (Å²) in [5.41, 5.74) is 0. The van der Waals surface area contributed by atoms with Gasteiger partial charge in [0.1, 0.15) is 0 Å². The van der Waals surface area contributed by atoms with Crippen LogP contribution in [0.25, 0.3) is 0 Å². The van der Waals surface area contributed by atoms with E-state index in [1.807, 2.05) is 0 Å². The monoisotopic (exact) mass is 161 g/mol. The quantitative estimate of drug-likeness (QED) is 0.561. The van der Waals surface area contributed by atoms with E-state index in [-0.39, 0.29) is 12.4 Å². The molecule has 0 saturated carbocycles. The maximum atomic E-state index is 5.70. The van der Waals surface area contributed by atoms with Crippen LogP contribution in [-0.4, -0.2) is 24.8 Å². The Hall–Kier alpha value is 0.210. The first-order valence-corrected chi connectivity index (χ1v) is 3.82. The molecule has 3 heterocycles. The molecule has 0 aromatic carbocycles. The Labute approximate surface area is 66.7 Å². The van der Waals surface area contributed by atoms with Crippen LogP contribution in [0.1, 0.15) is 12.8 Å². The van der Waals surface area contributed by atoms with Crippen molar-refractivity contribution in [3.63, 3.8) is 0 Å². The van der Waals surface area contributed by atoms with Gasteiger partial charge < -0.3 is 10.1 Å². The lowest BCUT2D eigenvalue weighted by Crippen LogP contribution is -2.27. The van der Waals surface area contributed by atoms with Crippen LogP contribution in [0.4, 0.5) is 0 Å². The van der Waals surface area contributed by atoms with Gasteiger partial charge in [0.2, 0.25) is 0 Å². The van der Waals surface area contributed by atoms with Crippen molar-refractivity contribution in [1.82, 2.24) is 5.32 Å². The highest BCUT2D eigenvalue weighted by atomic mass is 35.5. The zero-order valence-corrected chi connectivity index (χ0v) is 6.56. The zero-order chi connectivity index (χ0) is 5.84. The zero-order valence-electron chi connectivity index (χ0n) is 5.75. The van der Waals surface area contributed by atoms with Crippen LogP contribution < -0.4 is 5.32 Å². The molecule has 1 N–H and O–H groups in total. The van der Waals surface area contributed by atoms with Crippen molar-refractivity contribution in [2.24, 2.45) is 5.92 Å². The fraction of sp³-hybridized carbons (Fsp3) is 1.00. The fourth-order valence-corrected chi connectivity index (χ4v) is 2.55. The van der Waals surface area contributed by atoms with E-state index in [1.165, 1.54) is 19.4 Å². The van der Waals surface area contributed by atoms with Crippen molar-refractivity contribution in [2.45, 2.75) is 31.1 Å². The molecule has 10 heavy (non-hydrogen) atoms. The van der Waals surface area contributed by atoms with E-state index in [2.05, 4.69) is 5.32 Å². The minimum absolute atomic E-state index is 0. The van der Waals surface area contributed by atoms with E-state index in [0.29, 0.717) is 12.2 Å². The molecule has 3 heteroatoms. The van der Waals surface area contributed by atoms with Gasteiger partial charge in [0, 0.05) is 18.5 Å². The molecule has 0 aliphatic carbocycles. The molecule has 3 aliphatic heterocycles. The minimum Gasteiger partial charge on any atom is -0.373 e. The molecule has 0 spiro atoms. The van der Waals surface area contributed by atoms with Crippen molar-refractivity contribution in [3.05, 3.63) is 0 Å². The molecule has 3 aliphatic rings. The number of rotatable bonds is 0. The predicted molar refractivity (Wildman–Crippen MR) is 40.4 cm³/mol. The van der Waals surface area contributed by atoms with E-state index in [4.69, 9.17) is 4.74 Å². The molecule has 2 bridgehead atoms. The van der Waals surface area contributed by atoms with Crippen LogP contribution in [0.5, 0.6) is 0 Å². The third-order valence-electron chi connectivity index (χ3n) is 2.94. The van der Waals surface area contributed by atoms with Gasteiger partial charge in [0.15, 0.2) is 0 Å². The normalized spacial score (nSPS) is 55.2. The van der Waals surface area contributed by atoms with Crippen LogP contribution >= 0.6 is 12.4 Å². The molecule has 0 amide bonds. The number of ether oxygens (including phenoxy) is 1. The lowest BCUT2D eigenvalue weighted by Gasteiger charge is -2.11. The van der Waals surface area contributed by atoms with E-state index in [0.717, 1.165) is 12.0 Å². The second kappa shape index (κ2) is 2.10. The van der Waals surface area contributed by atoms with E-state index < -0.39 is 0 Å². The van der Waals surface area contributed by atoms with E-state index in [9.17, 15) is 0 Å². The number of nitrogens with one attached hydrogen (secondary N) is 1. The fourth-order valence-electron chi connectivity index (χ4n) is 2.55. The summed E-state index contributed by atoms with van der Waals surface area (Å²) in [4.78, 5) is 0. The largest absolute Gasteiger partial charge is 0.373 e. The molecule has 3 saturated heterocycles. The van der Waals surface area contributed by atoms with Crippen LogP contribution in [0.2, 0.25) is 0 Å². The number of hydrogen-bond acceptors (Lipinski definition) is 2. The van der Waals surface area contributed by atoms with Gasteiger partial charge in [-0.15, -0.1) is 12.4 Å². The van der Waals surface area contributed by atoms with Gasteiger partial charge in [0.05, 0.1) is 12.2 Å². The van der Waals surface area contributed by atoms with Crippen molar-refractivity contribution in [2.75, 3.05) is 6.54 Å². The molecule has 0 aromatic rings. The lowest BCUT2D eigenvalue weighted by molar-refractivity contribution is 0.0970. The van der Waals surface area contributed by atoms with Gasteiger partial charge >= 0.3 is 0 Å². The maximum Gasteiger partial charge on any atom is 0.0773 e. The molecule has 0 aromatic heterocycles.